The minimum absolute atomic E-state index is 0.0234. The number of carbonyl (C=O) groups is 1. The standard InChI is InChI=1S/C29H27F3N6OS/c1-37(12-11-29(30,31)32)24-9-10-25-26(14-24)40-28(35-25)36-27(39)22-4-2-3-20(13-22)17-38-18-23(16-34-38)21-7-5-19(15-33)6-8-21/h2-8,13,16,18,24H,9-12,14,17H2,1H3,(H,35,36,39)/t24-/m0/s1. The maximum absolute atomic E-state index is 13.0. The summed E-state index contributed by atoms with van der Waals surface area (Å²) < 4.78 is 39.7. The second-order valence-electron chi connectivity index (χ2n) is 9.90. The summed E-state index contributed by atoms with van der Waals surface area (Å²) in [5.74, 6) is -0.273. The van der Waals surface area contributed by atoms with Crippen LogP contribution in [0.5, 0.6) is 0 Å². The molecule has 0 aliphatic heterocycles. The number of nitrogens with zero attached hydrogens (tertiary/aromatic N) is 5. The van der Waals surface area contributed by atoms with Gasteiger partial charge in [0.15, 0.2) is 5.13 Å². The Kier molecular flexibility index (Phi) is 8.00. The molecular weight excluding hydrogens is 537 g/mol. The normalized spacial score (nSPS) is 15.1. The zero-order valence-electron chi connectivity index (χ0n) is 21.8. The number of carbonyl (C=O) groups excluding carboxylic acids is 1. The molecule has 5 rings (SSSR count). The highest BCUT2D eigenvalue weighted by Crippen LogP contribution is 2.32. The largest absolute Gasteiger partial charge is 0.390 e. The number of hydrogen-bond acceptors (Lipinski definition) is 6. The third-order valence-corrected chi connectivity index (χ3v) is 8.06. The van der Waals surface area contributed by atoms with E-state index in [1.165, 1.54) is 11.3 Å². The first kappa shape index (κ1) is 27.6. The van der Waals surface area contributed by atoms with Crippen LogP contribution in [0.4, 0.5) is 18.3 Å². The summed E-state index contributed by atoms with van der Waals surface area (Å²) in [4.78, 5) is 20.4. The fraction of sp³-hybridized carbons (Fsp3) is 0.310. The highest BCUT2D eigenvalue weighted by molar-refractivity contribution is 7.15. The van der Waals surface area contributed by atoms with Crippen molar-refractivity contribution < 1.29 is 18.0 Å². The fourth-order valence-electron chi connectivity index (χ4n) is 4.78. The lowest BCUT2D eigenvalue weighted by atomic mass is 9.96. The van der Waals surface area contributed by atoms with Crippen molar-refractivity contribution >= 4 is 22.4 Å². The molecule has 4 aromatic rings. The van der Waals surface area contributed by atoms with Crippen molar-refractivity contribution in [1.29, 1.82) is 5.26 Å². The van der Waals surface area contributed by atoms with Crippen molar-refractivity contribution in [3.63, 3.8) is 0 Å². The molecule has 1 amide bonds. The molecule has 2 aromatic heterocycles. The smallest absolute Gasteiger partial charge is 0.303 e. The van der Waals surface area contributed by atoms with E-state index in [1.54, 1.807) is 41.0 Å². The third kappa shape index (κ3) is 6.76. The van der Waals surface area contributed by atoms with Crippen molar-refractivity contribution in [1.82, 2.24) is 19.7 Å². The lowest BCUT2D eigenvalue weighted by molar-refractivity contribution is -0.138. The van der Waals surface area contributed by atoms with E-state index in [2.05, 4.69) is 21.5 Å². The van der Waals surface area contributed by atoms with Gasteiger partial charge in [0.05, 0.1) is 36.5 Å². The molecule has 0 saturated heterocycles. The molecule has 2 heterocycles. The Labute approximate surface area is 233 Å². The zero-order chi connectivity index (χ0) is 28.3. The average Bonchev–Trinajstić information content (AvgIpc) is 3.57. The summed E-state index contributed by atoms with van der Waals surface area (Å²) >= 11 is 1.39. The SMILES string of the molecule is CN(CCC(F)(F)F)[C@H]1CCc2nc(NC(=O)c3cccc(Cn4cc(-c5ccc(C#N)cc5)cn4)c3)sc2C1. The molecule has 1 aliphatic rings. The van der Waals surface area contributed by atoms with Gasteiger partial charge in [0.1, 0.15) is 0 Å². The first-order chi connectivity index (χ1) is 19.2. The van der Waals surface area contributed by atoms with Crippen molar-refractivity contribution in [3.8, 4) is 17.2 Å². The van der Waals surface area contributed by atoms with Gasteiger partial charge in [0.25, 0.3) is 5.91 Å². The van der Waals surface area contributed by atoms with Gasteiger partial charge in [-0.25, -0.2) is 4.98 Å². The Balaban J connectivity index is 1.20. The van der Waals surface area contributed by atoms with Crippen LogP contribution < -0.4 is 5.32 Å². The Morgan fingerprint density at radius 2 is 2.02 bits per heavy atom. The van der Waals surface area contributed by atoms with Crippen LogP contribution in [-0.4, -0.2) is 51.4 Å². The van der Waals surface area contributed by atoms with E-state index in [0.717, 1.165) is 33.7 Å². The predicted octanol–water partition coefficient (Wildman–Crippen LogP) is 5.92. The predicted molar refractivity (Wildman–Crippen MR) is 147 cm³/mol. The lowest BCUT2D eigenvalue weighted by Crippen LogP contribution is -2.38. The van der Waals surface area contributed by atoms with Crippen molar-refractivity contribution in [2.45, 2.75) is 44.4 Å². The number of nitrogens with one attached hydrogen (secondary N) is 1. The van der Waals surface area contributed by atoms with Gasteiger partial charge < -0.3 is 4.90 Å². The minimum Gasteiger partial charge on any atom is -0.303 e. The van der Waals surface area contributed by atoms with Crippen molar-refractivity contribution in [2.75, 3.05) is 18.9 Å². The van der Waals surface area contributed by atoms with E-state index in [4.69, 9.17) is 5.26 Å². The van der Waals surface area contributed by atoms with Crippen LogP contribution in [0.15, 0.2) is 60.9 Å². The number of aryl methyl sites for hydroxylation is 1. The van der Waals surface area contributed by atoms with Crippen molar-refractivity contribution in [2.24, 2.45) is 0 Å². The summed E-state index contributed by atoms with van der Waals surface area (Å²) in [5.41, 5.74) is 4.80. The van der Waals surface area contributed by atoms with Crippen LogP contribution in [0.2, 0.25) is 0 Å². The number of rotatable bonds is 8. The monoisotopic (exact) mass is 564 g/mol. The molecule has 40 heavy (non-hydrogen) atoms. The molecule has 0 bridgehead atoms. The number of aromatic nitrogens is 3. The van der Waals surface area contributed by atoms with Gasteiger partial charge in [-0.15, -0.1) is 11.3 Å². The number of nitriles is 1. The number of fused-ring (bicyclic) bond motifs is 1. The summed E-state index contributed by atoms with van der Waals surface area (Å²) in [5, 5.41) is 16.8. The van der Waals surface area contributed by atoms with Gasteiger partial charge in [0.2, 0.25) is 0 Å². The quantitative estimate of drug-likeness (QED) is 0.287. The summed E-state index contributed by atoms with van der Waals surface area (Å²) in [7, 11) is 1.73. The number of alkyl halides is 3. The van der Waals surface area contributed by atoms with Crippen LogP contribution in [-0.2, 0) is 19.4 Å². The third-order valence-electron chi connectivity index (χ3n) is 7.02. The van der Waals surface area contributed by atoms with Gasteiger partial charge in [-0.05, 0) is 61.7 Å². The highest BCUT2D eigenvalue weighted by atomic mass is 32.1. The molecule has 11 heteroatoms. The van der Waals surface area contributed by atoms with Crippen LogP contribution in [0.1, 0.15) is 44.9 Å². The Bertz CT molecular complexity index is 1540. The number of hydrogen-bond donors (Lipinski definition) is 1. The van der Waals surface area contributed by atoms with Gasteiger partial charge >= 0.3 is 6.18 Å². The van der Waals surface area contributed by atoms with E-state index < -0.39 is 12.6 Å². The van der Waals surface area contributed by atoms with Crippen LogP contribution in [0, 0.1) is 11.3 Å². The summed E-state index contributed by atoms with van der Waals surface area (Å²) in [6, 6.07) is 16.7. The molecule has 206 valence electrons. The molecule has 1 atom stereocenters. The number of anilines is 1. The minimum atomic E-state index is -4.17. The Hall–Kier alpha value is -4.01. The number of likely N-dealkylation sites (N-methyl/N-ethyl adjacent to an activating group) is 1. The first-order valence-corrected chi connectivity index (χ1v) is 13.7. The Morgan fingerprint density at radius 3 is 2.77 bits per heavy atom. The second kappa shape index (κ2) is 11.6. The number of benzene rings is 2. The molecule has 0 fully saturated rings. The molecule has 2 aromatic carbocycles. The van der Waals surface area contributed by atoms with Gasteiger partial charge in [-0.3, -0.25) is 14.8 Å². The first-order valence-electron chi connectivity index (χ1n) is 12.9. The van der Waals surface area contributed by atoms with Gasteiger partial charge in [0, 0.05) is 34.8 Å². The maximum Gasteiger partial charge on any atom is 0.390 e. The van der Waals surface area contributed by atoms with E-state index in [-0.39, 0.29) is 18.5 Å². The fourth-order valence-corrected chi connectivity index (χ4v) is 5.85. The Morgan fingerprint density at radius 1 is 1.23 bits per heavy atom. The molecule has 0 unspecified atom stereocenters. The van der Waals surface area contributed by atoms with Crippen LogP contribution >= 0.6 is 11.3 Å². The number of halogens is 3. The summed E-state index contributed by atoms with van der Waals surface area (Å²) in [6.45, 7) is 0.448. The topological polar surface area (TPSA) is 86.8 Å². The van der Waals surface area contributed by atoms with E-state index >= 15 is 0 Å². The van der Waals surface area contributed by atoms with E-state index in [1.807, 2.05) is 36.5 Å². The van der Waals surface area contributed by atoms with Crippen LogP contribution in [0.25, 0.3) is 11.1 Å². The summed E-state index contributed by atoms with van der Waals surface area (Å²) in [6.07, 6.45) is 0.729. The molecule has 1 N–H and O–H groups in total. The van der Waals surface area contributed by atoms with E-state index in [0.29, 0.717) is 35.6 Å². The maximum atomic E-state index is 13.0. The number of amides is 1. The molecular formula is C29H27F3N6OS. The average molecular weight is 565 g/mol. The molecule has 1 aliphatic carbocycles. The molecule has 7 nitrogen and oxygen atoms in total. The zero-order valence-corrected chi connectivity index (χ0v) is 22.6. The van der Waals surface area contributed by atoms with Gasteiger partial charge in [-0.2, -0.15) is 23.5 Å². The lowest BCUT2D eigenvalue weighted by Gasteiger charge is -2.30. The molecule has 0 radical (unpaired) electrons. The van der Waals surface area contributed by atoms with E-state index in [9.17, 15) is 18.0 Å². The van der Waals surface area contributed by atoms with Crippen molar-refractivity contribution in [3.05, 3.63) is 88.2 Å². The molecule has 0 spiro atoms. The van der Waals surface area contributed by atoms with Gasteiger partial charge in [-0.1, -0.05) is 24.3 Å². The number of thiazole rings is 1. The second-order valence-corrected chi connectivity index (χ2v) is 11.0. The highest BCUT2D eigenvalue weighted by Gasteiger charge is 2.30. The van der Waals surface area contributed by atoms with Crippen LogP contribution in [0.3, 0.4) is 0 Å². The molecule has 0 saturated carbocycles.